The van der Waals surface area contributed by atoms with Crippen molar-refractivity contribution < 1.29 is 31.9 Å². The van der Waals surface area contributed by atoms with Crippen LogP contribution in [0.1, 0.15) is 24.0 Å². The van der Waals surface area contributed by atoms with Crippen molar-refractivity contribution in [3.63, 3.8) is 0 Å². The molecule has 1 amide bonds. The number of carbonyl (C=O) groups is 2. The van der Waals surface area contributed by atoms with Crippen LogP contribution in [0.25, 0.3) is 6.08 Å². The van der Waals surface area contributed by atoms with Gasteiger partial charge >= 0.3 is 5.97 Å². The van der Waals surface area contributed by atoms with Gasteiger partial charge < -0.3 is 13.9 Å². The first kappa shape index (κ1) is 30.8. The first-order valence-corrected chi connectivity index (χ1v) is 15.3. The minimum atomic E-state index is -3.92. The number of hydrogen-bond acceptors (Lipinski definition) is 7. The van der Waals surface area contributed by atoms with Gasteiger partial charge in [0.2, 0.25) is 10.0 Å². The second kappa shape index (κ2) is 12.9. The van der Waals surface area contributed by atoms with Crippen molar-refractivity contribution in [2.24, 2.45) is 0 Å². The standard InChI is InChI=1S/C33H29ClN2O7S/c1-22-31(33(38)42-3)30(32(37)36(22)25-8-7-9-26(18-25)41-2)19-27-16-17-28(43-27)21-35(20-23-12-14-24(34)15-13-23)44(39,40)29-10-5-4-6-11-29/h4-19H,20-21H2,1-3H3/b30-19+. The second-order valence-electron chi connectivity index (χ2n) is 9.87. The first-order chi connectivity index (χ1) is 21.1. The lowest BCUT2D eigenvalue weighted by atomic mass is 10.1. The van der Waals surface area contributed by atoms with Crippen molar-refractivity contribution in [2.45, 2.75) is 24.9 Å². The fourth-order valence-electron chi connectivity index (χ4n) is 4.87. The Morgan fingerprint density at radius 1 is 0.955 bits per heavy atom. The van der Waals surface area contributed by atoms with Crippen LogP contribution in [0.5, 0.6) is 5.75 Å². The van der Waals surface area contributed by atoms with Gasteiger partial charge in [0, 0.05) is 23.3 Å². The van der Waals surface area contributed by atoms with E-state index < -0.39 is 21.9 Å². The minimum absolute atomic E-state index is 0.0634. The van der Waals surface area contributed by atoms with Crippen molar-refractivity contribution in [1.29, 1.82) is 0 Å². The van der Waals surface area contributed by atoms with Crippen molar-refractivity contribution in [3.05, 3.63) is 130 Å². The highest BCUT2D eigenvalue weighted by Crippen LogP contribution is 2.37. The summed E-state index contributed by atoms with van der Waals surface area (Å²) >= 11 is 6.04. The Bertz CT molecular complexity index is 1860. The number of benzene rings is 3. The average molecular weight is 633 g/mol. The van der Waals surface area contributed by atoms with Gasteiger partial charge in [-0.3, -0.25) is 9.69 Å². The summed E-state index contributed by atoms with van der Waals surface area (Å²) in [5, 5.41) is 0.539. The summed E-state index contributed by atoms with van der Waals surface area (Å²) in [6.45, 7) is 1.63. The Morgan fingerprint density at radius 2 is 1.68 bits per heavy atom. The molecule has 0 bridgehead atoms. The van der Waals surface area contributed by atoms with E-state index in [1.165, 1.54) is 41.6 Å². The fraction of sp³-hybridized carbons (Fsp3) is 0.152. The summed E-state index contributed by atoms with van der Waals surface area (Å²) in [7, 11) is -1.15. The highest BCUT2D eigenvalue weighted by molar-refractivity contribution is 7.89. The summed E-state index contributed by atoms with van der Waals surface area (Å²) in [5.41, 5.74) is 1.81. The molecule has 0 saturated heterocycles. The van der Waals surface area contributed by atoms with Gasteiger partial charge in [-0.1, -0.05) is 48.0 Å². The monoisotopic (exact) mass is 632 g/mol. The Morgan fingerprint density at radius 3 is 2.36 bits per heavy atom. The lowest BCUT2D eigenvalue weighted by molar-refractivity contribution is -0.136. The van der Waals surface area contributed by atoms with Crippen LogP contribution in [-0.2, 0) is 37.4 Å². The number of rotatable bonds is 10. The van der Waals surface area contributed by atoms with E-state index in [0.29, 0.717) is 27.9 Å². The molecule has 1 aliphatic heterocycles. The van der Waals surface area contributed by atoms with Crippen molar-refractivity contribution >= 4 is 45.3 Å². The van der Waals surface area contributed by atoms with E-state index >= 15 is 0 Å². The molecular formula is C33H29ClN2O7S. The quantitative estimate of drug-likeness (QED) is 0.151. The van der Waals surface area contributed by atoms with Crippen LogP contribution in [-0.4, -0.2) is 38.8 Å². The predicted molar refractivity (Wildman–Crippen MR) is 166 cm³/mol. The van der Waals surface area contributed by atoms with Gasteiger partial charge in [0.05, 0.1) is 42.5 Å². The third-order valence-corrected chi connectivity index (χ3v) is 9.11. The molecule has 11 heteroatoms. The summed E-state index contributed by atoms with van der Waals surface area (Å²) < 4.78 is 45.0. The number of nitrogens with zero attached hydrogens (tertiary/aromatic N) is 2. The molecule has 44 heavy (non-hydrogen) atoms. The Hall–Kier alpha value is -4.64. The maximum Gasteiger partial charge on any atom is 0.340 e. The number of methoxy groups -OCH3 is 2. The van der Waals surface area contributed by atoms with Crippen LogP contribution in [0, 0.1) is 0 Å². The summed E-state index contributed by atoms with van der Waals surface area (Å²) in [5.74, 6) is 0.00580. The normalized spacial score (nSPS) is 14.5. The zero-order valence-corrected chi connectivity index (χ0v) is 25.8. The molecule has 0 N–H and O–H groups in total. The van der Waals surface area contributed by atoms with E-state index in [9.17, 15) is 18.0 Å². The van der Waals surface area contributed by atoms with Crippen molar-refractivity contribution in [1.82, 2.24) is 4.31 Å². The molecule has 9 nitrogen and oxygen atoms in total. The lowest BCUT2D eigenvalue weighted by Crippen LogP contribution is -2.30. The highest BCUT2D eigenvalue weighted by Gasteiger charge is 2.38. The van der Waals surface area contributed by atoms with E-state index in [1.54, 1.807) is 85.8 Å². The van der Waals surface area contributed by atoms with E-state index in [4.69, 9.17) is 25.5 Å². The van der Waals surface area contributed by atoms with Gasteiger partial charge in [-0.25, -0.2) is 13.2 Å². The fourth-order valence-corrected chi connectivity index (χ4v) is 6.42. The smallest absolute Gasteiger partial charge is 0.340 e. The molecule has 0 atom stereocenters. The Balaban J connectivity index is 1.48. The third-order valence-electron chi connectivity index (χ3n) is 7.06. The minimum Gasteiger partial charge on any atom is -0.497 e. The number of ether oxygens (including phenoxy) is 2. The van der Waals surface area contributed by atoms with E-state index in [-0.39, 0.29) is 34.9 Å². The molecule has 0 saturated carbocycles. The molecule has 2 heterocycles. The SMILES string of the molecule is COC(=O)C1=C(C)N(c2cccc(OC)c2)C(=O)/C1=C/c1ccc(CN(Cc2ccc(Cl)cc2)S(=O)(=O)c2ccccc2)o1. The van der Waals surface area contributed by atoms with Crippen molar-refractivity contribution in [2.75, 3.05) is 19.1 Å². The summed E-state index contributed by atoms with van der Waals surface area (Å²) in [4.78, 5) is 28.1. The molecule has 0 radical (unpaired) electrons. The van der Waals surface area contributed by atoms with Crippen LogP contribution in [0.15, 0.2) is 117 Å². The Kier molecular flexibility index (Phi) is 9.05. The van der Waals surface area contributed by atoms with Gasteiger partial charge in [0.15, 0.2) is 0 Å². The number of hydrogen-bond donors (Lipinski definition) is 0. The molecule has 4 aromatic rings. The molecule has 0 aliphatic carbocycles. The predicted octanol–water partition coefficient (Wildman–Crippen LogP) is 6.21. The van der Waals surface area contributed by atoms with E-state index in [1.807, 2.05) is 0 Å². The van der Waals surface area contributed by atoms with Crippen LogP contribution >= 0.6 is 11.6 Å². The largest absolute Gasteiger partial charge is 0.497 e. The number of allylic oxidation sites excluding steroid dienone is 1. The number of sulfonamides is 1. The molecule has 3 aromatic carbocycles. The van der Waals surface area contributed by atoms with Crippen molar-refractivity contribution in [3.8, 4) is 5.75 Å². The zero-order chi connectivity index (χ0) is 31.4. The van der Waals surface area contributed by atoms with Gasteiger partial charge in [-0.05, 0) is 67.1 Å². The number of amides is 1. The molecule has 0 unspecified atom stereocenters. The van der Waals surface area contributed by atoms with Gasteiger partial charge in [0.1, 0.15) is 17.3 Å². The zero-order valence-electron chi connectivity index (χ0n) is 24.2. The number of esters is 1. The molecule has 0 fully saturated rings. The van der Waals surface area contributed by atoms with E-state index in [0.717, 1.165) is 5.56 Å². The maximum absolute atomic E-state index is 13.7. The van der Waals surface area contributed by atoms with Crippen LogP contribution in [0.3, 0.4) is 0 Å². The van der Waals surface area contributed by atoms with Gasteiger partial charge in [-0.15, -0.1) is 0 Å². The van der Waals surface area contributed by atoms with E-state index in [2.05, 4.69) is 0 Å². The Labute approximate surface area is 260 Å². The van der Waals surface area contributed by atoms with Crippen LogP contribution < -0.4 is 9.64 Å². The topological polar surface area (TPSA) is 106 Å². The number of anilines is 1. The highest BCUT2D eigenvalue weighted by atomic mass is 35.5. The molecular weight excluding hydrogens is 604 g/mol. The summed E-state index contributed by atoms with van der Waals surface area (Å²) in [6, 6.07) is 25.2. The number of halogens is 1. The van der Waals surface area contributed by atoms with Crippen LogP contribution in [0.4, 0.5) is 5.69 Å². The lowest BCUT2D eigenvalue weighted by Gasteiger charge is -2.21. The summed E-state index contributed by atoms with van der Waals surface area (Å²) in [6.07, 6.45) is 1.46. The number of furan rings is 1. The molecule has 0 spiro atoms. The van der Waals surface area contributed by atoms with Gasteiger partial charge in [-0.2, -0.15) is 4.31 Å². The molecule has 5 rings (SSSR count). The molecule has 1 aromatic heterocycles. The molecule has 1 aliphatic rings. The van der Waals surface area contributed by atoms with Gasteiger partial charge in [0.25, 0.3) is 5.91 Å². The second-order valence-corrected chi connectivity index (χ2v) is 12.2. The maximum atomic E-state index is 13.7. The first-order valence-electron chi connectivity index (χ1n) is 13.5. The average Bonchev–Trinajstić information content (AvgIpc) is 3.58. The third kappa shape index (κ3) is 6.33. The number of carbonyl (C=O) groups excluding carboxylic acids is 2. The van der Waals surface area contributed by atoms with Crippen LogP contribution in [0.2, 0.25) is 5.02 Å². The molecule has 226 valence electrons.